The fourth-order valence-corrected chi connectivity index (χ4v) is 9.78. The number of nitrogens with zero attached hydrogens (tertiary/aromatic N) is 4. The number of aryl methyl sites for hydroxylation is 1. The van der Waals surface area contributed by atoms with Crippen molar-refractivity contribution in [2.24, 2.45) is 5.16 Å². The van der Waals surface area contributed by atoms with Crippen molar-refractivity contribution >= 4 is 96.9 Å². The Morgan fingerprint density at radius 2 is 1.80 bits per heavy atom. The number of hydrogen-bond donors (Lipinski definition) is 4. The van der Waals surface area contributed by atoms with Crippen LogP contribution >= 0.6 is 47.3 Å². The number of benzene rings is 2. The molecule has 18 nitrogen and oxygen atoms in total. The van der Waals surface area contributed by atoms with Gasteiger partial charge in [-0.1, -0.05) is 71.5 Å². The van der Waals surface area contributed by atoms with Gasteiger partial charge in [-0.05, 0) is 42.3 Å². The maximum absolute atomic E-state index is 12.8. The molecule has 0 aliphatic carbocycles. The number of furan rings is 1. The summed E-state index contributed by atoms with van der Waals surface area (Å²) >= 11 is 3.29. The van der Waals surface area contributed by atoms with Crippen molar-refractivity contribution in [2.45, 2.75) is 36.6 Å². The van der Waals surface area contributed by atoms with E-state index in [9.17, 15) is 37.5 Å². The summed E-state index contributed by atoms with van der Waals surface area (Å²) in [6, 6.07) is 18.0. The van der Waals surface area contributed by atoms with Crippen LogP contribution in [0.15, 0.2) is 109 Å². The third-order valence-electron chi connectivity index (χ3n) is 8.73. The molecule has 23 heteroatoms. The summed E-state index contributed by atoms with van der Waals surface area (Å²) in [7, 11) is -2.61. The summed E-state index contributed by atoms with van der Waals surface area (Å²) in [6.07, 6.45) is 1.47. The average Bonchev–Trinajstić information content (AvgIpc) is 4.03. The number of halogens is 1. The number of anilines is 1. The third-order valence-corrected chi connectivity index (χ3v) is 13.1. The molecule has 3 amide bonds. The molecule has 0 unspecified atom stereocenters. The van der Waals surface area contributed by atoms with Gasteiger partial charge in [-0.25, -0.2) is 22.9 Å². The van der Waals surface area contributed by atoms with Gasteiger partial charge in [0.05, 0.1) is 16.7 Å². The minimum absolute atomic E-state index is 0. The Balaban J connectivity index is 0.000000235. The van der Waals surface area contributed by atoms with Gasteiger partial charge in [0.15, 0.2) is 16.6 Å². The van der Waals surface area contributed by atoms with Gasteiger partial charge in [0.1, 0.15) is 41.4 Å². The quantitative estimate of drug-likeness (QED) is 0.0692. The van der Waals surface area contributed by atoms with Gasteiger partial charge < -0.3 is 29.9 Å². The van der Waals surface area contributed by atoms with E-state index < -0.39 is 45.1 Å². The minimum atomic E-state index is -3.87. The Labute approximate surface area is 366 Å². The number of hydrogen-bond acceptors (Lipinski definition) is 17. The Hall–Kier alpha value is -5.94. The molecule has 2 aliphatic heterocycles. The van der Waals surface area contributed by atoms with Crippen LogP contribution in [0.4, 0.5) is 5.13 Å². The number of carboxylic acid groups (broad SMARTS) is 1. The van der Waals surface area contributed by atoms with Crippen molar-refractivity contribution in [3.63, 3.8) is 0 Å². The van der Waals surface area contributed by atoms with Crippen LogP contribution in [0.2, 0.25) is 0 Å². The van der Waals surface area contributed by atoms with E-state index in [4.69, 9.17) is 19.5 Å². The summed E-state index contributed by atoms with van der Waals surface area (Å²) in [5.74, 6) is -1.99. The lowest BCUT2D eigenvalue weighted by Gasteiger charge is -2.49. The first-order chi connectivity index (χ1) is 28.7. The summed E-state index contributed by atoms with van der Waals surface area (Å²) < 4.78 is 36.8. The summed E-state index contributed by atoms with van der Waals surface area (Å²) in [5, 5.41) is 20.9. The van der Waals surface area contributed by atoms with Crippen LogP contribution in [0.25, 0.3) is 22.4 Å². The van der Waals surface area contributed by atoms with E-state index in [1.54, 1.807) is 32.0 Å². The van der Waals surface area contributed by atoms with E-state index in [0.717, 1.165) is 44.7 Å². The minimum Gasteiger partial charge on any atom is -0.477 e. The number of sulfonamides is 1. The molecule has 0 radical (unpaired) electrons. The third kappa shape index (κ3) is 10.3. The normalized spacial score (nSPS) is 16.0. The molecule has 0 saturated carbocycles. The topological polar surface area (TPSA) is 267 Å². The molecule has 0 spiro atoms. The number of nitrogens with two attached hydrogens (primary N) is 1. The van der Waals surface area contributed by atoms with Crippen LogP contribution in [0.5, 0.6) is 0 Å². The molecular weight excluding hydrogens is 894 g/mol. The molecule has 5 N–H and O–H groups in total. The molecule has 0 bridgehead atoms. The molecule has 1 fully saturated rings. The van der Waals surface area contributed by atoms with Crippen LogP contribution in [0, 0.1) is 6.92 Å². The summed E-state index contributed by atoms with van der Waals surface area (Å²) in [5.41, 5.74) is 9.07. The maximum atomic E-state index is 12.8. The number of thiazole rings is 1. The van der Waals surface area contributed by atoms with E-state index in [1.165, 1.54) is 48.7 Å². The Morgan fingerprint density at radius 3 is 2.41 bits per heavy atom. The predicted octanol–water partition coefficient (Wildman–Crippen LogP) is 4.93. The lowest BCUT2D eigenvalue weighted by Crippen LogP contribution is -2.71. The number of carbonyl (C=O) groups is 5. The number of thioether (sulfide) groups is 2. The zero-order chi connectivity index (χ0) is 43.1. The largest absolute Gasteiger partial charge is 0.477 e. The number of rotatable bonds is 13. The number of β-lactam (4-membered cyclic amide) rings is 1. The van der Waals surface area contributed by atoms with Gasteiger partial charge in [0.25, 0.3) is 27.0 Å². The number of amides is 3. The summed E-state index contributed by atoms with van der Waals surface area (Å²) in [4.78, 5) is 71.0. The monoisotopic (exact) mass is 929 g/mol. The number of fused-ring (bicyclic) bond motifs is 1. The second-order valence-electron chi connectivity index (χ2n) is 12.6. The molecule has 2 aromatic carbocycles. The van der Waals surface area contributed by atoms with E-state index in [2.05, 4.69) is 20.6 Å². The Morgan fingerprint density at radius 1 is 1.08 bits per heavy atom. The van der Waals surface area contributed by atoms with Crippen molar-refractivity contribution in [1.29, 1.82) is 0 Å². The number of nitrogen functional groups attached to an aromatic ring is 1. The Bertz CT molecular complexity index is 2600. The molecule has 5 aromatic rings. The number of carbonyl (C=O) groups excluding carboxylic acids is 4. The van der Waals surface area contributed by atoms with Gasteiger partial charge in [-0.15, -0.1) is 35.5 Å². The second-order valence-corrected chi connectivity index (χ2v) is 17.2. The van der Waals surface area contributed by atoms with E-state index in [0.29, 0.717) is 17.0 Å². The van der Waals surface area contributed by atoms with Crippen LogP contribution in [-0.4, -0.2) is 93.1 Å². The molecular formula is C38H36ClN7O11S4. The second kappa shape index (κ2) is 20.1. The molecule has 5 heterocycles. The summed E-state index contributed by atoms with van der Waals surface area (Å²) in [6.45, 7) is 3.40. The zero-order valence-corrected chi connectivity index (χ0v) is 36.3. The van der Waals surface area contributed by atoms with Crippen LogP contribution in [0.1, 0.15) is 35.4 Å². The number of aliphatic carboxylic acids is 1. The van der Waals surface area contributed by atoms with Crippen molar-refractivity contribution in [2.75, 3.05) is 24.3 Å². The lowest BCUT2D eigenvalue weighted by molar-refractivity contribution is -0.150. The molecule has 1 saturated heterocycles. The van der Waals surface area contributed by atoms with Crippen molar-refractivity contribution in [1.82, 2.24) is 25.1 Å². The van der Waals surface area contributed by atoms with Crippen LogP contribution < -0.4 is 15.8 Å². The molecule has 7 rings (SSSR count). The fraction of sp³-hybridized carbons (Fsp3) is 0.211. The number of oxime groups is 1. The number of aromatic nitrogens is 2. The first kappa shape index (κ1) is 46.1. The molecule has 2 aliphatic rings. The highest BCUT2D eigenvalue weighted by Crippen LogP contribution is 2.41. The first-order valence-electron chi connectivity index (χ1n) is 17.7. The van der Waals surface area contributed by atoms with Gasteiger partial charge >= 0.3 is 5.97 Å². The van der Waals surface area contributed by atoms with Gasteiger partial charge in [0, 0.05) is 28.9 Å². The molecule has 2 atom stereocenters. The van der Waals surface area contributed by atoms with Crippen LogP contribution in [0.3, 0.4) is 0 Å². The first-order valence-corrected chi connectivity index (χ1v) is 22.1. The predicted molar refractivity (Wildman–Crippen MR) is 230 cm³/mol. The van der Waals surface area contributed by atoms with Gasteiger partial charge in [-0.3, -0.25) is 24.1 Å². The number of nitrogens with one attached hydrogen (secondary N) is 2. The molecule has 61 heavy (non-hydrogen) atoms. The van der Waals surface area contributed by atoms with E-state index >= 15 is 0 Å². The highest BCUT2D eigenvalue weighted by Gasteiger charge is 2.54. The van der Waals surface area contributed by atoms with E-state index in [-0.39, 0.29) is 68.3 Å². The highest BCUT2D eigenvalue weighted by atomic mass is 35.5. The lowest BCUT2D eigenvalue weighted by atomic mass is 10.00. The smallest absolute Gasteiger partial charge is 0.352 e. The fourth-order valence-electron chi connectivity index (χ4n) is 5.90. The SMILES string of the molecule is CCC(=O)NS(=O)(=O)c1ccc(-c2c(-c3ccccc3)noc2C)cc1.CO/N=C(\C(=O)N[C@@H]1C(=O)N2C(C(=O)O)=C(CSC(=O)c3ccco3)CS[C@H]12)c1csc(N)n1.Cl. The standard InChI is InChI=1S/C19H17N5O7S3.C19H18N2O4S.ClH/c1-30-23-11(9-7-34-19(20)21-9)14(25)22-12-15(26)24-13(17(27)28)8(5-32-16(12)24)6-33-18(29)10-3-2-4-31-10;1-3-17(22)21-26(23,24)16-11-9-14(10-12-16)18-13(2)25-20-19(18)15-7-5-4-6-8-15;/h2-4,7,12,16H,5-6H2,1H3,(H2,20,21)(H,22,25)(H,27,28);4-12H,3H2,1-2H3,(H,21,22);1H/b23-11-;;/t12-,16-;;/m1../s1. The maximum Gasteiger partial charge on any atom is 0.352 e. The van der Waals surface area contributed by atoms with Crippen molar-refractivity contribution < 1.29 is 51.3 Å². The number of carboxylic acids is 1. The molecule has 3 aromatic heterocycles. The van der Waals surface area contributed by atoms with Crippen molar-refractivity contribution in [3.8, 4) is 22.4 Å². The van der Waals surface area contributed by atoms with Crippen LogP contribution in [-0.2, 0) is 34.0 Å². The zero-order valence-electron chi connectivity index (χ0n) is 32.2. The molecule has 320 valence electrons. The van der Waals surface area contributed by atoms with Crippen molar-refractivity contribution in [3.05, 3.63) is 107 Å². The highest BCUT2D eigenvalue weighted by molar-refractivity contribution is 8.14. The average molecular weight is 930 g/mol. The van der Waals surface area contributed by atoms with E-state index in [1.807, 2.05) is 35.1 Å². The van der Waals surface area contributed by atoms with Gasteiger partial charge in [0.2, 0.25) is 5.91 Å². The van der Waals surface area contributed by atoms with Gasteiger partial charge in [-0.2, -0.15) is 0 Å². The Kier molecular flexibility index (Phi) is 15.2.